The summed E-state index contributed by atoms with van der Waals surface area (Å²) in [5, 5.41) is 0. The van der Waals surface area contributed by atoms with Crippen LogP contribution in [0.15, 0.2) is 70.3 Å². The fourth-order valence-electron chi connectivity index (χ4n) is 2.89. The first kappa shape index (κ1) is 15.9. The molecular weight excluding hydrogens is 340 g/mol. The van der Waals surface area contributed by atoms with Gasteiger partial charge in [-0.25, -0.2) is 0 Å². The molecule has 0 amide bonds. The number of carbonyl (C=O) groups is 5. The molecular formula is C19H10O7. The van der Waals surface area contributed by atoms with E-state index in [2.05, 4.69) is 0 Å². The van der Waals surface area contributed by atoms with Gasteiger partial charge < -0.3 is 9.47 Å². The molecule has 0 radical (unpaired) electrons. The van der Waals surface area contributed by atoms with Gasteiger partial charge >= 0.3 is 0 Å². The standard InChI is InChI=1S/C19H10O7/c20-13-1-3-15(22)11-7-25-17(5-9(11)13)19(24)18-6-10-12(8-26-18)16(23)4-2-14(10)21/h1-6H,7-8H2. The van der Waals surface area contributed by atoms with Crippen LogP contribution in [-0.2, 0) is 33.4 Å². The summed E-state index contributed by atoms with van der Waals surface area (Å²) < 4.78 is 10.6. The number of hydrogen-bond donors (Lipinski definition) is 0. The lowest BCUT2D eigenvalue weighted by molar-refractivity contribution is -0.120. The van der Waals surface area contributed by atoms with E-state index in [9.17, 15) is 24.0 Å². The van der Waals surface area contributed by atoms with E-state index >= 15 is 0 Å². The van der Waals surface area contributed by atoms with Crippen LogP contribution in [0, 0.1) is 0 Å². The fraction of sp³-hybridized carbons (Fsp3) is 0.105. The van der Waals surface area contributed by atoms with Crippen molar-refractivity contribution in [3.05, 3.63) is 70.3 Å². The third-order valence-electron chi connectivity index (χ3n) is 4.29. The van der Waals surface area contributed by atoms with Gasteiger partial charge in [0.1, 0.15) is 13.2 Å². The second-order valence-electron chi connectivity index (χ2n) is 5.83. The Morgan fingerprint density at radius 2 is 1.04 bits per heavy atom. The summed E-state index contributed by atoms with van der Waals surface area (Å²) in [7, 11) is 0. The molecule has 7 nitrogen and oxygen atoms in total. The van der Waals surface area contributed by atoms with Gasteiger partial charge in [0.05, 0.1) is 0 Å². The van der Waals surface area contributed by atoms with Gasteiger partial charge in [0.2, 0.25) is 0 Å². The van der Waals surface area contributed by atoms with Crippen LogP contribution in [0.5, 0.6) is 0 Å². The van der Waals surface area contributed by atoms with E-state index in [1.54, 1.807) is 0 Å². The molecule has 0 N–H and O–H groups in total. The van der Waals surface area contributed by atoms with E-state index in [0.29, 0.717) is 0 Å². The highest BCUT2D eigenvalue weighted by Gasteiger charge is 2.33. The van der Waals surface area contributed by atoms with Crippen LogP contribution < -0.4 is 0 Å². The predicted molar refractivity (Wildman–Crippen MR) is 85.4 cm³/mol. The number of hydrogen-bond acceptors (Lipinski definition) is 7. The summed E-state index contributed by atoms with van der Waals surface area (Å²) >= 11 is 0. The Balaban J connectivity index is 1.67. The molecule has 2 heterocycles. The Kier molecular flexibility index (Phi) is 3.50. The highest BCUT2D eigenvalue weighted by molar-refractivity contribution is 6.24. The van der Waals surface area contributed by atoms with Crippen LogP contribution in [0.1, 0.15) is 0 Å². The third-order valence-corrected chi connectivity index (χ3v) is 4.29. The largest absolute Gasteiger partial charge is 0.484 e. The summed E-state index contributed by atoms with van der Waals surface area (Å²) in [6, 6.07) is 0. The smallest absolute Gasteiger partial charge is 0.262 e. The van der Waals surface area contributed by atoms with E-state index in [0.717, 1.165) is 24.3 Å². The molecule has 2 aliphatic heterocycles. The van der Waals surface area contributed by atoms with Crippen LogP contribution in [0.4, 0.5) is 0 Å². The van der Waals surface area contributed by atoms with Crippen molar-refractivity contribution in [3.63, 3.8) is 0 Å². The van der Waals surface area contributed by atoms with E-state index in [4.69, 9.17) is 9.47 Å². The summed E-state index contributed by atoms with van der Waals surface area (Å²) in [5.74, 6) is -2.48. The fourth-order valence-corrected chi connectivity index (χ4v) is 2.89. The Labute approximate surface area is 146 Å². The molecule has 0 bridgehead atoms. The van der Waals surface area contributed by atoms with Crippen LogP contribution in [0.2, 0.25) is 0 Å². The first-order valence-corrected chi connectivity index (χ1v) is 7.69. The van der Waals surface area contributed by atoms with Crippen molar-refractivity contribution in [1.29, 1.82) is 0 Å². The van der Waals surface area contributed by atoms with Crippen LogP contribution >= 0.6 is 0 Å². The number of rotatable bonds is 2. The third kappa shape index (κ3) is 2.41. The maximum Gasteiger partial charge on any atom is 0.262 e. The molecule has 0 saturated heterocycles. The first-order chi connectivity index (χ1) is 12.5. The molecule has 2 aliphatic carbocycles. The summed E-state index contributed by atoms with van der Waals surface area (Å²) in [6.07, 6.45) is 6.99. The zero-order chi connectivity index (χ0) is 18.4. The van der Waals surface area contributed by atoms with E-state index in [-0.39, 0.29) is 58.6 Å². The maximum absolute atomic E-state index is 12.6. The Morgan fingerprint density at radius 1 is 0.654 bits per heavy atom. The molecule has 0 atom stereocenters. The van der Waals surface area contributed by atoms with Crippen molar-refractivity contribution in [2.24, 2.45) is 0 Å². The summed E-state index contributed by atoms with van der Waals surface area (Å²) in [4.78, 5) is 60.0. The van der Waals surface area contributed by atoms with Gasteiger partial charge in [-0.05, 0) is 36.5 Å². The highest BCUT2D eigenvalue weighted by Crippen LogP contribution is 2.28. The number of ketones is 5. The lowest BCUT2D eigenvalue weighted by Gasteiger charge is -2.23. The summed E-state index contributed by atoms with van der Waals surface area (Å²) in [6.45, 7) is -0.410. The lowest BCUT2D eigenvalue weighted by atomic mass is 9.91. The van der Waals surface area contributed by atoms with Crippen LogP contribution in [0.25, 0.3) is 0 Å². The van der Waals surface area contributed by atoms with Crippen molar-refractivity contribution in [3.8, 4) is 0 Å². The number of Topliss-reactive ketones (excluding diaryl/α,β-unsaturated/α-hetero) is 1. The Hall–Kier alpha value is -3.61. The van der Waals surface area contributed by atoms with E-state index in [1.807, 2.05) is 0 Å². The SMILES string of the molecule is O=C1C=CC(=O)C2=C1C=C(C(=O)C1=CC3=C(CO1)C(=O)C=CC3=O)OC2. The summed E-state index contributed by atoms with van der Waals surface area (Å²) in [5.41, 5.74) is 0.595. The van der Waals surface area contributed by atoms with Crippen LogP contribution in [0.3, 0.4) is 0 Å². The highest BCUT2D eigenvalue weighted by atomic mass is 16.5. The van der Waals surface area contributed by atoms with E-state index in [1.165, 1.54) is 12.2 Å². The van der Waals surface area contributed by atoms with Crippen molar-refractivity contribution in [1.82, 2.24) is 0 Å². The van der Waals surface area contributed by atoms with Gasteiger partial charge in [-0.2, -0.15) is 0 Å². The van der Waals surface area contributed by atoms with Gasteiger partial charge in [-0.3, -0.25) is 24.0 Å². The minimum Gasteiger partial charge on any atom is -0.484 e. The zero-order valence-electron chi connectivity index (χ0n) is 13.2. The molecule has 26 heavy (non-hydrogen) atoms. The zero-order valence-corrected chi connectivity index (χ0v) is 13.2. The van der Waals surface area contributed by atoms with Gasteiger partial charge in [-0.1, -0.05) is 0 Å². The molecule has 0 spiro atoms. The second kappa shape index (κ2) is 5.73. The molecule has 0 aromatic carbocycles. The quantitative estimate of drug-likeness (QED) is 0.664. The average Bonchev–Trinajstić information content (AvgIpc) is 2.66. The predicted octanol–water partition coefficient (Wildman–Crippen LogP) is 0.393. The minimum atomic E-state index is -0.673. The second-order valence-corrected chi connectivity index (χ2v) is 5.83. The van der Waals surface area contributed by atoms with Crippen molar-refractivity contribution in [2.75, 3.05) is 13.2 Å². The molecule has 0 saturated carbocycles. The Bertz CT molecular complexity index is 928. The Morgan fingerprint density at radius 3 is 1.46 bits per heavy atom. The lowest BCUT2D eigenvalue weighted by Crippen LogP contribution is -2.27. The first-order valence-electron chi connectivity index (χ1n) is 7.69. The topological polar surface area (TPSA) is 104 Å². The van der Waals surface area contributed by atoms with Gasteiger partial charge in [0.25, 0.3) is 5.78 Å². The van der Waals surface area contributed by atoms with Gasteiger partial charge in [0, 0.05) is 22.3 Å². The van der Waals surface area contributed by atoms with Gasteiger partial charge in [-0.15, -0.1) is 0 Å². The molecule has 0 fully saturated rings. The maximum atomic E-state index is 12.6. The number of carbonyl (C=O) groups excluding carboxylic acids is 5. The number of allylic oxidation sites excluding steroid dienone is 8. The van der Waals surface area contributed by atoms with Crippen LogP contribution in [-0.4, -0.2) is 42.1 Å². The molecule has 4 rings (SSSR count). The molecule has 4 aliphatic rings. The van der Waals surface area contributed by atoms with Gasteiger partial charge in [0.15, 0.2) is 34.7 Å². The molecule has 0 aromatic rings. The van der Waals surface area contributed by atoms with Crippen molar-refractivity contribution < 1.29 is 33.4 Å². The minimum absolute atomic E-state index is 0.107. The molecule has 128 valence electrons. The average molecular weight is 350 g/mol. The number of ether oxygens (including phenoxy) is 2. The monoisotopic (exact) mass is 350 g/mol. The molecule has 0 unspecified atom stereocenters. The van der Waals surface area contributed by atoms with E-state index < -0.39 is 17.3 Å². The molecule has 0 aromatic heterocycles. The normalized spacial score (nSPS) is 21.7. The van der Waals surface area contributed by atoms with Crippen molar-refractivity contribution >= 4 is 28.9 Å². The van der Waals surface area contributed by atoms with Crippen molar-refractivity contribution in [2.45, 2.75) is 0 Å². The molecule has 7 heteroatoms.